The van der Waals surface area contributed by atoms with E-state index in [1.807, 2.05) is 6.20 Å². The molecule has 0 N–H and O–H groups in total. The Morgan fingerprint density at radius 1 is 1.15 bits per heavy atom. The van der Waals surface area contributed by atoms with Gasteiger partial charge in [0, 0.05) is 44.0 Å². The molecule has 0 saturated carbocycles. The van der Waals surface area contributed by atoms with Crippen LogP contribution in [0.15, 0.2) is 36.7 Å². The van der Waals surface area contributed by atoms with E-state index in [0.29, 0.717) is 23.6 Å². The Bertz CT molecular complexity index is 737. The molecule has 0 bridgehead atoms. The standard InChI is InChI=1S/C20H24FN3O2/c21-16-4-1-5-18(11-16)26-20-13-22-12-19(23-20)15-3-2-8-24(14-15)17-6-9-25-10-7-17/h1,4-5,11-13,15,17H,2-3,6-10,14H2. The molecule has 0 spiro atoms. The summed E-state index contributed by atoms with van der Waals surface area (Å²) in [5.41, 5.74) is 0.954. The lowest BCUT2D eigenvalue weighted by Gasteiger charge is -2.39. The minimum absolute atomic E-state index is 0.328. The summed E-state index contributed by atoms with van der Waals surface area (Å²) in [5, 5.41) is 0. The Hall–Kier alpha value is -2.05. The molecular weight excluding hydrogens is 333 g/mol. The molecule has 1 atom stereocenters. The number of likely N-dealkylation sites (tertiary alicyclic amines) is 1. The maximum absolute atomic E-state index is 13.3. The predicted octanol–water partition coefficient (Wildman–Crippen LogP) is 3.77. The van der Waals surface area contributed by atoms with Crippen molar-refractivity contribution in [2.45, 2.75) is 37.6 Å². The zero-order valence-corrected chi connectivity index (χ0v) is 14.8. The Balaban J connectivity index is 1.45. The molecule has 1 unspecified atom stereocenters. The Morgan fingerprint density at radius 3 is 2.88 bits per heavy atom. The minimum Gasteiger partial charge on any atom is -0.437 e. The molecule has 1 aromatic carbocycles. The normalized spacial score (nSPS) is 22.3. The molecule has 1 aromatic heterocycles. The van der Waals surface area contributed by atoms with E-state index in [4.69, 9.17) is 9.47 Å². The molecule has 6 heteroatoms. The lowest BCUT2D eigenvalue weighted by molar-refractivity contribution is 0.0237. The number of rotatable bonds is 4. The average molecular weight is 357 g/mol. The van der Waals surface area contributed by atoms with Crippen molar-refractivity contribution in [2.75, 3.05) is 26.3 Å². The lowest BCUT2D eigenvalue weighted by atomic mass is 9.92. The van der Waals surface area contributed by atoms with Gasteiger partial charge in [-0.15, -0.1) is 0 Å². The van der Waals surface area contributed by atoms with Gasteiger partial charge in [-0.2, -0.15) is 0 Å². The molecule has 0 aliphatic carbocycles. The Kier molecular flexibility index (Phi) is 5.41. The molecule has 0 amide bonds. The second-order valence-electron chi connectivity index (χ2n) is 7.02. The molecular formula is C20H24FN3O2. The number of halogens is 1. The number of benzene rings is 1. The van der Waals surface area contributed by atoms with Gasteiger partial charge < -0.3 is 9.47 Å². The van der Waals surface area contributed by atoms with E-state index in [-0.39, 0.29) is 5.82 Å². The summed E-state index contributed by atoms with van der Waals surface area (Å²) in [6.45, 7) is 3.88. The first kappa shape index (κ1) is 17.4. The van der Waals surface area contributed by atoms with E-state index in [2.05, 4.69) is 14.9 Å². The van der Waals surface area contributed by atoms with Crippen molar-refractivity contribution in [3.63, 3.8) is 0 Å². The number of ether oxygens (including phenoxy) is 2. The van der Waals surface area contributed by atoms with Crippen molar-refractivity contribution in [1.82, 2.24) is 14.9 Å². The minimum atomic E-state index is -0.328. The molecule has 26 heavy (non-hydrogen) atoms. The quantitative estimate of drug-likeness (QED) is 0.834. The van der Waals surface area contributed by atoms with Gasteiger partial charge in [0.15, 0.2) is 0 Å². The highest BCUT2D eigenvalue weighted by molar-refractivity contribution is 5.27. The van der Waals surface area contributed by atoms with Gasteiger partial charge in [0.2, 0.25) is 5.88 Å². The molecule has 2 saturated heterocycles. The first-order chi connectivity index (χ1) is 12.8. The number of hydrogen-bond donors (Lipinski definition) is 0. The van der Waals surface area contributed by atoms with Crippen LogP contribution in [-0.4, -0.2) is 47.2 Å². The third kappa shape index (κ3) is 4.19. The number of nitrogens with zero attached hydrogens (tertiary/aromatic N) is 3. The number of hydrogen-bond acceptors (Lipinski definition) is 5. The van der Waals surface area contributed by atoms with E-state index in [0.717, 1.165) is 51.3 Å². The summed E-state index contributed by atoms with van der Waals surface area (Å²) in [4.78, 5) is 11.5. The van der Waals surface area contributed by atoms with Gasteiger partial charge in [0.1, 0.15) is 11.6 Å². The third-order valence-corrected chi connectivity index (χ3v) is 5.23. The van der Waals surface area contributed by atoms with Gasteiger partial charge in [-0.3, -0.25) is 9.88 Å². The zero-order valence-electron chi connectivity index (χ0n) is 14.8. The van der Waals surface area contributed by atoms with Crippen LogP contribution in [-0.2, 0) is 4.74 Å². The van der Waals surface area contributed by atoms with Crippen LogP contribution < -0.4 is 4.74 Å². The largest absolute Gasteiger partial charge is 0.437 e. The summed E-state index contributed by atoms with van der Waals surface area (Å²) in [6.07, 6.45) is 7.91. The van der Waals surface area contributed by atoms with Crippen LogP contribution in [0.25, 0.3) is 0 Å². The fourth-order valence-electron chi connectivity index (χ4n) is 3.89. The summed E-state index contributed by atoms with van der Waals surface area (Å²) in [5.74, 6) is 0.876. The Morgan fingerprint density at radius 2 is 2.04 bits per heavy atom. The van der Waals surface area contributed by atoms with Crippen molar-refractivity contribution < 1.29 is 13.9 Å². The van der Waals surface area contributed by atoms with Crippen molar-refractivity contribution in [2.24, 2.45) is 0 Å². The van der Waals surface area contributed by atoms with Crippen molar-refractivity contribution in [3.05, 3.63) is 48.2 Å². The number of piperidine rings is 1. The average Bonchev–Trinajstić information content (AvgIpc) is 2.69. The van der Waals surface area contributed by atoms with E-state index in [9.17, 15) is 4.39 Å². The van der Waals surface area contributed by atoms with Crippen LogP contribution in [0.2, 0.25) is 0 Å². The molecule has 2 aromatic rings. The van der Waals surface area contributed by atoms with Crippen LogP contribution in [0.3, 0.4) is 0 Å². The van der Waals surface area contributed by atoms with E-state index >= 15 is 0 Å². The highest BCUT2D eigenvalue weighted by Gasteiger charge is 2.28. The van der Waals surface area contributed by atoms with Crippen LogP contribution in [0, 0.1) is 5.82 Å². The van der Waals surface area contributed by atoms with Crippen LogP contribution >= 0.6 is 0 Å². The lowest BCUT2D eigenvalue weighted by Crippen LogP contribution is -2.44. The predicted molar refractivity (Wildman–Crippen MR) is 95.9 cm³/mol. The summed E-state index contributed by atoms with van der Waals surface area (Å²) in [7, 11) is 0. The first-order valence-electron chi connectivity index (χ1n) is 9.35. The van der Waals surface area contributed by atoms with Gasteiger partial charge in [0.25, 0.3) is 0 Å². The van der Waals surface area contributed by atoms with Crippen molar-refractivity contribution >= 4 is 0 Å². The molecule has 5 nitrogen and oxygen atoms in total. The van der Waals surface area contributed by atoms with Gasteiger partial charge in [-0.25, -0.2) is 9.37 Å². The van der Waals surface area contributed by atoms with Crippen LogP contribution in [0.5, 0.6) is 11.6 Å². The van der Waals surface area contributed by atoms with E-state index < -0.39 is 0 Å². The maximum Gasteiger partial charge on any atom is 0.238 e. The second kappa shape index (κ2) is 8.10. The number of aromatic nitrogens is 2. The van der Waals surface area contributed by atoms with Gasteiger partial charge in [-0.1, -0.05) is 6.07 Å². The fraction of sp³-hybridized carbons (Fsp3) is 0.500. The zero-order chi connectivity index (χ0) is 17.8. The summed E-state index contributed by atoms with van der Waals surface area (Å²) in [6, 6.07) is 6.69. The summed E-state index contributed by atoms with van der Waals surface area (Å²) >= 11 is 0. The topological polar surface area (TPSA) is 47.5 Å². The molecule has 2 fully saturated rings. The monoisotopic (exact) mass is 357 g/mol. The highest BCUT2D eigenvalue weighted by Crippen LogP contribution is 2.30. The molecule has 2 aliphatic heterocycles. The van der Waals surface area contributed by atoms with Gasteiger partial charge in [0.05, 0.1) is 11.9 Å². The molecule has 2 aliphatic rings. The van der Waals surface area contributed by atoms with Gasteiger partial charge >= 0.3 is 0 Å². The summed E-state index contributed by atoms with van der Waals surface area (Å²) < 4.78 is 24.5. The second-order valence-corrected chi connectivity index (χ2v) is 7.02. The van der Waals surface area contributed by atoms with Gasteiger partial charge in [-0.05, 0) is 44.4 Å². The molecule has 138 valence electrons. The highest BCUT2D eigenvalue weighted by atomic mass is 19.1. The molecule has 4 rings (SSSR count). The smallest absolute Gasteiger partial charge is 0.238 e. The van der Waals surface area contributed by atoms with Crippen LogP contribution in [0.1, 0.15) is 37.3 Å². The fourth-order valence-corrected chi connectivity index (χ4v) is 3.89. The van der Waals surface area contributed by atoms with E-state index in [1.54, 1.807) is 18.3 Å². The molecule has 3 heterocycles. The Labute approximate surface area is 153 Å². The van der Waals surface area contributed by atoms with Crippen molar-refractivity contribution in [1.29, 1.82) is 0 Å². The third-order valence-electron chi connectivity index (χ3n) is 5.23. The SMILES string of the molecule is Fc1cccc(Oc2cncc(C3CCCN(C4CCOCC4)C3)n2)c1. The van der Waals surface area contributed by atoms with Crippen molar-refractivity contribution in [3.8, 4) is 11.6 Å². The maximum atomic E-state index is 13.3. The van der Waals surface area contributed by atoms with E-state index in [1.165, 1.54) is 18.6 Å². The van der Waals surface area contributed by atoms with Crippen LogP contribution in [0.4, 0.5) is 4.39 Å². The first-order valence-corrected chi connectivity index (χ1v) is 9.35. The molecule has 0 radical (unpaired) electrons.